The first-order valence-corrected chi connectivity index (χ1v) is 7.23. The van der Waals surface area contributed by atoms with Gasteiger partial charge in [-0.05, 0) is 44.3 Å². The van der Waals surface area contributed by atoms with Gasteiger partial charge in [0.25, 0.3) is 0 Å². The van der Waals surface area contributed by atoms with Crippen LogP contribution >= 0.6 is 0 Å². The van der Waals surface area contributed by atoms with E-state index in [1.54, 1.807) is 7.11 Å². The molecule has 1 atom stereocenters. The second kappa shape index (κ2) is 4.55. The summed E-state index contributed by atoms with van der Waals surface area (Å²) in [5.74, 6) is 0.886. The summed E-state index contributed by atoms with van der Waals surface area (Å²) in [6.45, 7) is 8.22. The molecule has 5 nitrogen and oxygen atoms in total. The molecule has 1 fully saturated rings. The topological polar surface area (TPSA) is 43.1 Å². The Kier molecular flexibility index (Phi) is 3.15. The van der Waals surface area contributed by atoms with Gasteiger partial charge in [-0.25, -0.2) is 0 Å². The average molecular weight is 289 g/mol. The molecule has 2 heterocycles. The molecule has 0 amide bonds. The van der Waals surface area contributed by atoms with E-state index in [2.05, 4.69) is 38.9 Å². The second-order valence-corrected chi connectivity index (χ2v) is 6.70. The van der Waals surface area contributed by atoms with E-state index in [0.29, 0.717) is 0 Å². The van der Waals surface area contributed by atoms with Gasteiger partial charge in [-0.2, -0.15) is 0 Å². The number of fused-ring (bicyclic) bond motifs is 1. The van der Waals surface area contributed by atoms with Gasteiger partial charge >= 0.3 is 7.12 Å². The zero-order valence-corrected chi connectivity index (χ0v) is 13.5. The number of hydrazone groups is 1. The minimum Gasteiger partial charge on any atom is -0.495 e. The first kappa shape index (κ1) is 14.5. The minimum absolute atomic E-state index is 0.115. The van der Waals surface area contributed by atoms with Gasteiger partial charge in [0, 0.05) is 0 Å². The number of hydrogen-bond donors (Lipinski definition) is 0. The largest absolute Gasteiger partial charge is 0.495 e. The molecule has 2 aliphatic heterocycles. The molecule has 0 spiro atoms. The monoisotopic (exact) mass is 289 g/mol. The smallest absolute Gasteiger partial charge is 0.494 e. The third kappa shape index (κ3) is 2.26. The Morgan fingerprint density at radius 2 is 1.86 bits per heavy atom. The highest BCUT2D eigenvalue weighted by molar-refractivity contribution is 6.56. The molecule has 3 rings (SSSR count). The number of hydrogen-bond acceptors (Lipinski definition) is 4. The van der Waals surface area contributed by atoms with Crippen LogP contribution in [0.25, 0.3) is 0 Å². The summed E-state index contributed by atoms with van der Waals surface area (Å²) in [6.07, 6.45) is 6.14. The molecule has 0 aromatic carbocycles. The van der Waals surface area contributed by atoms with Crippen molar-refractivity contribution in [2.45, 2.75) is 38.9 Å². The molecule has 6 heteroatoms. The van der Waals surface area contributed by atoms with Crippen LogP contribution in [-0.4, -0.2) is 49.1 Å². The number of methoxy groups -OCH3 is 1. The van der Waals surface area contributed by atoms with E-state index in [9.17, 15) is 0 Å². The normalized spacial score (nSPS) is 29.4. The van der Waals surface area contributed by atoms with Crippen molar-refractivity contribution in [3.63, 3.8) is 0 Å². The Bertz CT molecular complexity index is 586. The molecule has 0 aromatic rings. The van der Waals surface area contributed by atoms with Crippen molar-refractivity contribution in [1.82, 2.24) is 0 Å². The summed E-state index contributed by atoms with van der Waals surface area (Å²) >= 11 is 0. The van der Waals surface area contributed by atoms with Crippen LogP contribution in [0, 0.1) is 5.92 Å². The molecule has 0 bridgehead atoms. The van der Waals surface area contributed by atoms with E-state index in [-0.39, 0.29) is 24.2 Å². The number of nitrogens with zero attached hydrogens (tertiary/aromatic N) is 2. The van der Waals surface area contributed by atoms with Crippen LogP contribution in [0.1, 0.15) is 27.7 Å². The molecule has 1 unspecified atom stereocenters. The zero-order chi connectivity index (χ0) is 15.4. The van der Waals surface area contributed by atoms with Crippen LogP contribution in [-0.2, 0) is 14.0 Å². The van der Waals surface area contributed by atoms with E-state index < -0.39 is 0 Å². The molecule has 112 valence electrons. The van der Waals surface area contributed by atoms with Crippen molar-refractivity contribution in [3.8, 4) is 0 Å². The van der Waals surface area contributed by atoms with E-state index in [1.165, 1.54) is 0 Å². The highest BCUT2D eigenvalue weighted by Crippen LogP contribution is 2.40. The van der Waals surface area contributed by atoms with Crippen molar-refractivity contribution in [1.29, 1.82) is 0 Å². The maximum atomic E-state index is 6.11. The van der Waals surface area contributed by atoms with Gasteiger partial charge < -0.3 is 14.0 Å². The molecule has 0 saturated carbocycles. The van der Waals surface area contributed by atoms with Gasteiger partial charge in [-0.15, -0.1) is 0 Å². The fraction of sp³-hybridized carbons (Fsp3) is 0.600. The molecule has 3 aliphatic rings. The Hall–Kier alpha value is -1.40. The quantitative estimate of drug-likeness (QED) is 0.575. The lowest BCUT2D eigenvalue weighted by atomic mass is 9.73. The van der Waals surface area contributed by atoms with Gasteiger partial charge in [-0.1, -0.05) is 10.8 Å². The Labute approximate surface area is 126 Å². The molecule has 0 radical (unpaired) electrons. The molecule has 1 aliphatic carbocycles. The van der Waals surface area contributed by atoms with Crippen molar-refractivity contribution >= 4 is 19.0 Å². The van der Waals surface area contributed by atoms with Gasteiger partial charge in [0.1, 0.15) is 11.7 Å². The van der Waals surface area contributed by atoms with E-state index in [4.69, 9.17) is 14.0 Å². The van der Waals surface area contributed by atoms with Crippen LogP contribution < -0.4 is 0 Å². The average Bonchev–Trinajstić information content (AvgIpc) is 2.85. The minimum atomic E-state index is -0.374. The number of ether oxygens (including phenoxy) is 1. The lowest BCUT2D eigenvalue weighted by molar-refractivity contribution is -0.495. The third-order valence-corrected chi connectivity index (χ3v) is 4.63. The maximum Gasteiger partial charge on any atom is 0.494 e. The first-order chi connectivity index (χ1) is 9.73. The number of allylic oxidation sites excluding steroid dienone is 4. The summed E-state index contributed by atoms with van der Waals surface area (Å²) in [5, 5.41) is 4.46. The summed E-state index contributed by atoms with van der Waals surface area (Å²) < 4.78 is 19.5. The van der Waals surface area contributed by atoms with Gasteiger partial charge in [-0.3, -0.25) is 0 Å². The summed E-state index contributed by atoms with van der Waals surface area (Å²) in [4.78, 5) is 0. The number of rotatable bonds is 2. The van der Waals surface area contributed by atoms with Gasteiger partial charge in [0.2, 0.25) is 0 Å². The Balaban J connectivity index is 1.93. The fourth-order valence-corrected chi connectivity index (χ4v) is 2.68. The van der Waals surface area contributed by atoms with Crippen molar-refractivity contribution in [2.75, 3.05) is 14.2 Å². The highest BCUT2D eigenvalue weighted by Gasteiger charge is 2.53. The molecule has 1 saturated heterocycles. The molecular formula is C15H22BN2O3+. The van der Waals surface area contributed by atoms with Crippen molar-refractivity contribution in [2.24, 2.45) is 11.0 Å². The summed E-state index contributed by atoms with van der Waals surface area (Å²) in [5.41, 5.74) is 1.23. The van der Waals surface area contributed by atoms with Gasteiger partial charge in [0.05, 0.1) is 18.3 Å². The van der Waals surface area contributed by atoms with Crippen LogP contribution in [0.2, 0.25) is 0 Å². The van der Waals surface area contributed by atoms with Crippen molar-refractivity contribution < 1.29 is 18.7 Å². The Morgan fingerprint density at radius 1 is 1.24 bits per heavy atom. The van der Waals surface area contributed by atoms with Crippen LogP contribution in [0.3, 0.4) is 0 Å². The SMILES string of the molecule is COC1=CC(B2OC(C)(C)C(C)(C)O2)=CC2C=[N+](C)N=C12. The highest BCUT2D eigenvalue weighted by atomic mass is 16.7. The Morgan fingerprint density at radius 3 is 2.43 bits per heavy atom. The zero-order valence-electron chi connectivity index (χ0n) is 13.5. The maximum absolute atomic E-state index is 6.11. The standard InChI is InChI=1S/C15H22BN2O3/c1-14(2)15(3,4)21-16(20-14)11-7-10-9-18(5)17-13(10)12(8-11)19-6/h7-10H,1-6H3/q+1. The van der Waals surface area contributed by atoms with Crippen LogP contribution in [0.5, 0.6) is 0 Å². The lowest BCUT2D eigenvalue weighted by Crippen LogP contribution is -2.41. The third-order valence-electron chi connectivity index (χ3n) is 4.63. The first-order valence-electron chi connectivity index (χ1n) is 7.23. The van der Waals surface area contributed by atoms with Crippen molar-refractivity contribution in [3.05, 3.63) is 23.4 Å². The molecule has 0 N–H and O–H groups in total. The van der Waals surface area contributed by atoms with Gasteiger partial charge in [0.15, 0.2) is 19.0 Å². The molecule has 21 heavy (non-hydrogen) atoms. The van der Waals surface area contributed by atoms with Crippen LogP contribution in [0.15, 0.2) is 28.5 Å². The second-order valence-electron chi connectivity index (χ2n) is 6.70. The van der Waals surface area contributed by atoms with E-state index in [0.717, 1.165) is 16.9 Å². The predicted octanol–water partition coefficient (Wildman–Crippen LogP) is 1.79. The summed E-state index contributed by atoms with van der Waals surface area (Å²) in [6, 6.07) is 0. The lowest BCUT2D eigenvalue weighted by Gasteiger charge is -2.32. The predicted molar refractivity (Wildman–Crippen MR) is 82.4 cm³/mol. The molecular weight excluding hydrogens is 267 g/mol. The van der Waals surface area contributed by atoms with E-state index in [1.807, 2.05) is 24.0 Å². The van der Waals surface area contributed by atoms with E-state index >= 15 is 0 Å². The molecule has 0 aromatic heterocycles. The fourth-order valence-electron chi connectivity index (χ4n) is 2.68. The van der Waals surface area contributed by atoms with Crippen LogP contribution in [0.4, 0.5) is 0 Å². The summed E-state index contributed by atoms with van der Waals surface area (Å²) in [7, 11) is 3.21.